The van der Waals surface area contributed by atoms with Crippen LogP contribution >= 0.6 is 0 Å². The minimum atomic E-state index is -1.85. The summed E-state index contributed by atoms with van der Waals surface area (Å²) >= 11 is 0. The Bertz CT molecular complexity index is 1630. The first kappa shape index (κ1) is 49.5. The SMILES string of the molecule is CC(=O)N[C@H]1[C@H](O[C@@H]2OC(CC(O)[C@H]3O[C@@H](n4ccc(=O)[nH]c4=O)[C@H](O)[C@@H]3O)[C@H](O)[C@H](O)[C@H]2NC(=O)/C=C/CCCCCCCCCCCC(C)C)O[C@H](CO)[C@@H](O)[C@@H]1O. The number of rotatable bonds is 22. The molecule has 0 saturated carbocycles. The van der Waals surface area contributed by atoms with Crippen molar-refractivity contribution in [3.8, 4) is 0 Å². The van der Waals surface area contributed by atoms with Crippen LogP contribution < -0.4 is 21.9 Å². The van der Waals surface area contributed by atoms with Gasteiger partial charge in [-0.15, -0.1) is 0 Å². The van der Waals surface area contributed by atoms with Crippen LogP contribution in [-0.4, -0.2) is 155 Å². The Labute approximate surface area is 348 Å². The quantitative estimate of drug-likeness (QED) is 0.0458. The fourth-order valence-corrected chi connectivity index (χ4v) is 7.80. The lowest BCUT2D eigenvalue weighted by molar-refractivity contribution is -0.346. The second-order valence-corrected chi connectivity index (χ2v) is 16.5. The van der Waals surface area contributed by atoms with Crippen molar-refractivity contribution in [3.63, 3.8) is 0 Å². The number of H-pyrrole nitrogens is 1. The van der Waals surface area contributed by atoms with E-state index in [9.17, 15) is 60.0 Å². The molecule has 0 bridgehead atoms. The van der Waals surface area contributed by atoms with E-state index in [0.717, 1.165) is 55.4 Å². The van der Waals surface area contributed by atoms with E-state index in [2.05, 4.69) is 24.5 Å². The number of amides is 2. The van der Waals surface area contributed by atoms with Crippen molar-refractivity contribution in [3.05, 3.63) is 45.3 Å². The van der Waals surface area contributed by atoms with Gasteiger partial charge in [0.15, 0.2) is 18.8 Å². The predicted molar refractivity (Wildman–Crippen MR) is 212 cm³/mol. The van der Waals surface area contributed by atoms with Crippen molar-refractivity contribution in [2.75, 3.05) is 6.61 Å². The summed E-state index contributed by atoms with van der Waals surface area (Å²) in [6.07, 6.45) is -6.31. The number of nitrogens with zero attached hydrogens (tertiary/aromatic N) is 1. The number of aromatic amines is 1. The van der Waals surface area contributed by atoms with Crippen molar-refractivity contribution < 1.29 is 69.4 Å². The maximum Gasteiger partial charge on any atom is 0.330 e. The highest BCUT2D eigenvalue weighted by molar-refractivity contribution is 5.87. The van der Waals surface area contributed by atoms with Crippen LogP contribution in [-0.2, 0) is 28.5 Å². The van der Waals surface area contributed by atoms with Gasteiger partial charge in [0, 0.05) is 25.6 Å². The molecule has 2 amide bonds. The molecular formula is C40H66N4O16. The smallest absolute Gasteiger partial charge is 0.330 e. The molecule has 15 atom stereocenters. The number of carbonyl (C=O) groups excluding carboxylic acids is 2. The van der Waals surface area contributed by atoms with E-state index >= 15 is 0 Å². The van der Waals surface area contributed by atoms with Gasteiger partial charge in [0.05, 0.1) is 18.8 Å². The Kier molecular flexibility index (Phi) is 19.7. The van der Waals surface area contributed by atoms with Gasteiger partial charge in [-0.05, 0) is 24.8 Å². The molecule has 20 nitrogen and oxygen atoms in total. The molecule has 0 aromatic carbocycles. The van der Waals surface area contributed by atoms with Crippen LogP contribution in [0.4, 0.5) is 0 Å². The Morgan fingerprint density at radius 1 is 0.800 bits per heavy atom. The Morgan fingerprint density at radius 3 is 1.95 bits per heavy atom. The van der Waals surface area contributed by atoms with Gasteiger partial charge >= 0.3 is 5.69 Å². The van der Waals surface area contributed by atoms with Crippen molar-refractivity contribution in [2.24, 2.45) is 5.92 Å². The number of hydrogen-bond donors (Lipinski definition) is 11. The molecule has 0 aliphatic carbocycles. The monoisotopic (exact) mass is 858 g/mol. The van der Waals surface area contributed by atoms with E-state index in [0.29, 0.717) is 6.42 Å². The molecule has 0 spiro atoms. The number of unbranched alkanes of at least 4 members (excludes halogenated alkanes) is 9. The third-order valence-corrected chi connectivity index (χ3v) is 11.2. The van der Waals surface area contributed by atoms with Crippen LogP contribution in [0.2, 0.25) is 0 Å². The molecule has 0 radical (unpaired) electrons. The van der Waals surface area contributed by atoms with Crippen LogP contribution in [0.5, 0.6) is 0 Å². The summed E-state index contributed by atoms with van der Waals surface area (Å²) in [5.41, 5.74) is -1.68. The third-order valence-electron chi connectivity index (χ3n) is 11.2. The molecule has 60 heavy (non-hydrogen) atoms. The fraction of sp³-hybridized carbons (Fsp3) is 0.800. The van der Waals surface area contributed by atoms with E-state index in [-0.39, 0.29) is 0 Å². The molecule has 3 fully saturated rings. The minimum absolute atomic E-state index is 0.597. The van der Waals surface area contributed by atoms with Crippen LogP contribution in [0, 0.1) is 5.92 Å². The van der Waals surface area contributed by atoms with E-state index < -0.39 is 128 Å². The molecule has 4 rings (SSSR count). The molecule has 3 saturated heterocycles. The van der Waals surface area contributed by atoms with Gasteiger partial charge in [-0.2, -0.15) is 0 Å². The van der Waals surface area contributed by atoms with Crippen molar-refractivity contribution in [1.29, 1.82) is 0 Å². The lowest BCUT2D eigenvalue weighted by Crippen LogP contribution is -2.68. The van der Waals surface area contributed by atoms with Gasteiger partial charge in [-0.3, -0.25) is 23.9 Å². The predicted octanol–water partition coefficient (Wildman–Crippen LogP) is -1.70. The highest BCUT2D eigenvalue weighted by atomic mass is 16.8. The minimum Gasteiger partial charge on any atom is -0.394 e. The third kappa shape index (κ3) is 13.7. The number of ether oxygens (including phenoxy) is 4. The summed E-state index contributed by atoms with van der Waals surface area (Å²) in [5, 5.41) is 91.5. The maximum atomic E-state index is 13.2. The number of aliphatic hydroxyl groups excluding tert-OH is 8. The van der Waals surface area contributed by atoms with E-state index in [1.807, 2.05) is 4.98 Å². The zero-order valence-electron chi connectivity index (χ0n) is 34.5. The summed E-state index contributed by atoms with van der Waals surface area (Å²) < 4.78 is 24.1. The molecule has 3 aliphatic rings. The zero-order valence-corrected chi connectivity index (χ0v) is 34.5. The van der Waals surface area contributed by atoms with Crippen LogP contribution in [0.15, 0.2) is 34.0 Å². The molecule has 11 N–H and O–H groups in total. The highest BCUT2D eigenvalue weighted by Crippen LogP contribution is 2.34. The Balaban J connectivity index is 1.42. The van der Waals surface area contributed by atoms with Crippen LogP contribution in [0.1, 0.15) is 104 Å². The maximum absolute atomic E-state index is 13.2. The van der Waals surface area contributed by atoms with E-state index in [1.165, 1.54) is 44.6 Å². The molecule has 20 heteroatoms. The van der Waals surface area contributed by atoms with Gasteiger partial charge in [0.25, 0.3) is 5.56 Å². The van der Waals surface area contributed by atoms with Gasteiger partial charge in [-0.25, -0.2) is 4.79 Å². The average molecular weight is 859 g/mol. The van der Waals surface area contributed by atoms with Gasteiger partial charge < -0.3 is 70.4 Å². The summed E-state index contributed by atoms with van der Waals surface area (Å²) in [5.74, 6) is -0.604. The zero-order chi connectivity index (χ0) is 44.1. The number of aromatic nitrogens is 2. The number of nitrogens with one attached hydrogen (secondary N) is 3. The fourth-order valence-electron chi connectivity index (χ4n) is 7.80. The number of carbonyl (C=O) groups is 2. The second kappa shape index (κ2) is 23.9. The molecule has 4 heterocycles. The topological polar surface area (TPSA) is 312 Å². The molecule has 342 valence electrons. The number of aliphatic hydroxyl groups is 8. The van der Waals surface area contributed by atoms with Crippen molar-refractivity contribution in [2.45, 2.75) is 190 Å². The average Bonchev–Trinajstić information content (AvgIpc) is 3.49. The van der Waals surface area contributed by atoms with Crippen molar-refractivity contribution >= 4 is 11.8 Å². The molecule has 3 aliphatic heterocycles. The largest absolute Gasteiger partial charge is 0.394 e. The Hall–Kier alpha value is -3.12. The summed E-state index contributed by atoms with van der Waals surface area (Å²) in [6.45, 7) is 4.83. The number of allylic oxidation sites excluding steroid dienone is 1. The normalized spacial score (nSPS) is 33.9. The first-order chi connectivity index (χ1) is 28.5. The van der Waals surface area contributed by atoms with Crippen molar-refractivity contribution in [1.82, 2.24) is 20.2 Å². The standard InChI is InChI=1S/C40H66N4O16/c1-21(2)15-13-11-9-7-5-4-6-8-10-12-14-16-26(48)42-29-33(53)30(50)24(57-39(29)60-38-28(41-22(3)46)32(52)31(51)25(20-45)58-38)19-23(47)36-34(54)35(55)37(59-36)44-18-17-27(49)43-40(44)56/h14,16-18,21,23-25,28-39,45,47,50-55H,4-13,15,19-20H2,1-3H3,(H,41,46)(H,42,48)(H,43,49,56)/b16-14+/t23?,24?,25-,28-,29-,30+,31-,32-,33-,34+,35-,36-,37-,38+,39+/m1/s1. The molecular weight excluding hydrogens is 792 g/mol. The molecule has 1 aromatic heterocycles. The van der Waals surface area contributed by atoms with Gasteiger partial charge in [-0.1, -0.05) is 77.7 Å². The lowest BCUT2D eigenvalue weighted by Gasteiger charge is -2.47. The van der Waals surface area contributed by atoms with Gasteiger partial charge in [0.2, 0.25) is 11.8 Å². The van der Waals surface area contributed by atoms with Crippen LogP contribution in [0.25, 0.3) is 0 Å². The summed E-state index contributed by atoms with van der Waals surface area (Å²) in [4.78, 5) is 51.2. The molecule has 1 aromatic rings. The summed E-state index contributed by atoms with van der Waals surface area (Å²) in [6, 6.07) is -2.01. The lowest BCUT2D eigenvalue weighted by atomic mass is 9.91. The molecule has 2 unspecified atom stereocenters. The first-order valence-corrected chi connectivity index (χ1v) is 21.1. The Morgan fingerprint density at radius 2 is 1.37 bits per heavy atom. The van der Waals surface area contributed by atoms with Gasteiger partial charge in [0.1, 0.15) is 60.9 Å². The second-order valence-electron chi connectivity index (χ2n) is 16.5. The first-order valence-electron chi connectivity index (χ1n) is 21.1. The summed E-state index contributed by atoms with van der Waals surface area (Å²) in [7, 11) is 0. The number of hydrogen-bond acceptors (Lipinski definition) is 16. The van der Waals surface area contributed by atoms with E-state index in [4.69, 9.17) is 18.9 Å². The van der Waals surface area contributed by atoms with Crippen LogP contribution in [0.3, 0.4) is 0 Å². The highest BCUT2D eigenvalue weighted by Gasteiger charge is 2.53. The van der Waals surface area contributed by atoms with E-state index in [1.54, 1.807) is 6.08 Å².